The summed E-state index contributed by atoms with van der Waals surface area (Å²) in [6, 6.07) is 14.6. The van der Waals surface area contributed by atoms with Gasteiger partial charge in [0.25, 0.3) is 0 Å². The maximum absolute atomic E-state index is 11.7. The van der Waals surface area contributed by atoms with E-state index in [0.29, 0.717) is 11.5 Å². The lowest BCUT2D eigenvalue weighted by molar-refractivity contribution is 0.415. The molecule has 0 fully saturated rings. The molecule has 0 aliphatic carbocycles. The Bertz CT molecular complexity index is 482. The molecule has 0 N–H and O–H groups in total. The van der Waals surface area contributed by atoms with Crippen molar-refractivity contribution < 1.29 is 13.6 Å². The Morgan fingerprint density at radius 3 is 1.39 bits per heavy atom. The van der Waals surface area contributed by atoms with Gasteiger partial charge in [0.05, 0.1) is 0 Å². The monoisotopic (exact) mass is 261 g/mol. The molecule has 2 rings (SSSR count). The van der Waals surface area contributed by atoms with Gasteiger partial charge in [-0.25, -0.2) is 0 Å². The van der Waals surface area contributed by atoms with Crippen LogP contribution in [0.3, 0.4) is 0 Å². The van der Waals surface area contributed by atoms with Gasteiger partial charge >= 0.3 is 8.25 Å². The molecule has 0 spiro atoms. The van der Waals surface area contributed by atoms with Gasteiger partial charge in [-0.3, -0.25) is 0 Å². The predicted octanol–water partition coefficient (Wildman–Crippen LogP) is 4.42. The Balaban J connectivity index is 1.96. The second kappa shape index (κ2) is 5.65. The van der Waals surface area contributed by atoms with Gasteiger partial charge in [0, 0.05) is 0 Å². The van der Waals surface area contributed by atoms with Gasteiger partial charge in [-0.2, -0.15) is 4.57 Å². The van der Waals surface area contributed by atoms with E-state index >= 15 is 0 Å². The summed E-state index contributed by atoms with van der Waals surface area (Å²) in [7, 11) is -2.20. The van der Waals surface area contributed by atoms with Crippen LogP contribution in [0, 0.1) is 13.8 Å². The number of benzene rings is 2. The number of hydrogen-bond donors (Lipinski definition) is 0. The van der Waals surface area contributed by atoms with Crippen molar-refractivity contribution in [2.24, 2.45) is 0 Å². The molecule has 0 atom stereocenters. The summed E-state index contributed by atoms with van der Waals surface area (Å²) < 4.78 is 22.0. The molecule has 0 unspecified atom stereocenters. The van der Waals surface area contributed by atoms with Crippen LogP contribution in [-0.2, 0) is 4.57 Å². The van der Waals surface area contributed by atoms with Gasteiger partial charge in [-0.05, 0) is 38.1 Å². The first-order valence-electron chi connectivity index (χ1n) is 5.60. The van der Waals surface area contributed by atoms with Crippen molar-refractivity contribution in [1.29, 1.82) is 0 Å². The highest BCUT2D eigenvalue weighted by atomic mass is 31.1. The Kier molecular flexibility index (Phi) is 3.96. The smallest absolute Gasteiger partial charge is 0.389 e. The van der Waals surface area contributed by atoms with E-state index in [4.69, 9.17) is 9.05 Å². The molecule has 3 nitrogen and oxygen atoms in total. The van der Waals surface area contributed by atoms with E-state index in [-0.39, 0.29) is 0 Å². The van der Waals surface area contributed by atoms with E-state index in [1.54, 1.807) is 24.3 Å². The van der Waals surface area contributed by atoms with Gasteiger partial charge in [0.15, 0.2) is 0 Å². The van der Waals surface area contributed by atoms with Crippen molar-refractivity contribution in [3.8, 4) is 11.5 Å². The molecule has 0 bridgehead atoms. The number of rotatable bonds is 4. The molecule has 4 heteroatoms. The molecule has 2 aromatic rings. The fourth-order valence-corrected chi connectivity index (χ4v) is 2.01. The van der Waals surface area contributed by atoms with Crippen molar-refractivity contribution in [3.63, 3.8) is 0 Å². The van der Waals surface area contributed by atoms with Gasteiger partial charge in [-0.1, -0.05) is 35.4 Å². The van der Waals surface area contributed by atoms with E-state index in [9.17, 15) is 4.57 Å². The van der Waals surface area contributed by atoms with Crippen molar-refractivity contribution >= 4 is 8.25 Å². The summed E-state index contributed by atoms with van der Waals surface area (Å²) in [4.78, 5) is 0. The SMILES string of the molecule is Cc1ccc(O[P](=O)Oc2ccc(C)cc2)cc1. The minimum absolute atomic E-state index is 0.536. The Morgan fingerprint density at radius 2 is 1.06 bits per heavy atom. The highest BCUT2D eigenvalue weighted by molar-refractivity contribution is 7.34. The van der Waals surface area contributed by atoms with E-state index in [1.165, 1.54) is 0 Å². The number of aryl methyl sites for hydroxylation is 2. The summed E-state index contributed by atoms with van der Waals surface area (Å²) in [6.45, 7) is 3.96. The fourth-order valence-electron chi connectivity index (χ4n) is 1.39. The minimum Gasteiger partial charge on any atom is -0.389 e. The fraction of sp³-hybridized carbons (Fsp3) is 0.143. The van der Waals surface area contributed by atoms with E-state index in [2.05, 4.69) is 0 Å². The second-order valence-electron chi connectivity index (χ2n) is 4.03. The molecule has 0 aliphatic heterocycles. The van der Waals surface area contributed by atoms with Crippen molar-refractivity contribution in [2.45, 2.75) is 13.8 Å². The van der Waals surface area contributed by atoms with Crippen LogP contribution in [0.15, 0.2) is 48.5 Å². The minimum atomic E-state index is -2.20. The molecule has 0 saturated carbocycles. The van der Waals surface area contributed by atoms with Crippen LogP contribution in [0.1, 0.15) is 11.1 Å². The quantitative estimate of drug-likeness (QED) is 0.764. The second-order valence-corrected chi connectivity index (χ2v) is 4.84. The number of hydrogen-bond acceptors (Lipinski definition) is 3. The zero-order chi connectivity index (χ0) is 13.0. The van der Waals surface area contributed by atoms with Gasteiger partial charge in [0.2, 0.25) is 0 Å². The van der Waals surface area contributed by atoms with E-state index in [0.717, 1.165) is 11.1 Å². The maximum atomic E-state index is 11.7. The average Bonchev–Trinajstić information content (AvgIpc) is 2.35. The molecule has 0 aliphatic rings. The largest absolute Gasteiger partial charge is 0.492 e. The third-order valence-corrected chi connectivity index (χ3v) is 3.12. The van der Waals surface area contributed by atoms with Crippen molar-refractivity contribution in [1.82, 2.24) is 0 Å². The van der Waals surface area contributed by atoms with Crippen LogP contribution in [0.25, 0.3) is 0 Å². The molecule has 0 aromatic heterocycles. The predicted molar refractivity (Wildman–Crippen MR) is 71.2 cm³/mol. The average molecular weight is 261 g/mol. The molecule has 93 valence electrons. The topological polar surface area (TPSA) is 35.5 Å². The zero-order valence-electron chi connectivity index (χ0n) is 10.3. The molecule has 0 saturated heterocycles. The van der Waals surface area contributed by atoms with Gasteiger partial charge in [0.1, 0.15) is 11.5 Å². The van der Waals surface area contributed by atoms with Gasteiger partial charge < -0.3 is 9.05 Å². The van der Waals surface area contributed by atoms with Crippen LogP contribution >= 0.6 is 8.25 Å². The molecule has 18 heavy (non-hydrogen) atoms. The first-order valence-corrected chi connectivity index (χ1v) is 6.69. The molecule has 2 aromatic carbocycles. The third-order valence-electron chi connectivity index (χ3n) is 2.40. The lowest BCUT2D eigenvalue weighted by atomic mass is 10.2. The molecular formula is C14H14O3P. The van der Waals surface area contributed by atoms with E-state index < -0.39 is 8.25 Å². The van der Waals surface area contributed by atoms with Crippen LogP contribution < -0.4 is 9.05 Å². The molecule has 0 heterocycles. The Morgan fingerprint density at radius 1 is 0.722 bits per heavy atom. The summed E-state index contributed by atoms with van der Waals surface area (Å²) >= 11 is 0. The van der Waals surface area contributed by atoms with Crippen molar-refractivity contribution in [3.05, 3.63) is 59.7 Å². The van der Waals surface area contributed by atoms with Crippen LogP contribution in [0.4, 0.5) is 0 Å². The highest BCUT2D eigenvalue weighted by Gasteiger charge is 2.06. The Hall–Kier alpha value is -1.86. The first kappa shape index (κ1) is 12.6. The zero-order valence-corrected chi connectivity index (χ0v) is 11.2. The summed E-state index contributed by atoms with van der Waals surface area (Å²) in [5, 5.41) is 0. The molecular weight excluding hydrogens is 247 g/mol. The third kappa shape index (κ3) is 3.57. The van der Waals surface area contributed by atoms with Crippen LogP contribution in [0.2, 0.25) is 0 Å². The van der Waals surface area contributed by atoms with E-state index in [1.807, 2.05) is 38.1 Å². The highest BCUT2D eigenvalue weighted by Crippen LogP contribution is 2.30. The lowest BCUT2D eigenvalue weighted by Crippen LogP contribution is -1.89. The summed E-state index contributed by atoms with van der Waals surface area (Å²) in [5.41, 5.74) is 2.24. The van der Waals surface area contributed by atoms with Crippen LogP contribution in [0.5, 0.6) is 11.5 Å². The normalized spacial score (nSPS) is 9.89. The Labute approximate surface area is 107 Å². The standard InChI is InChI=1S/C14H14O3P/c1-11-3-7-13(8-4-11)16-18(15)17-14-9-5-12(2)6-10-14/h3-10H,1-2H3. The summed E-state index contributed by atoms with van der Waals surface area (Å²) in [5.74, 6) is 1.07. The maximum Gasteiger partial charge on any atom is 0.492 e. The summed E-state index contributed by atoms with van der Waals surface area (Å²) in [6.07, 6.45) is 0. The van der Waals surface area contributed by atoms with Gasteiger partial charge in [-0.15, -0.1) is 0 Å². The lowest BCUT2D eigenvalue weighted by Gasteiger charge is -2.05. The first-order chi connectivity index (χ1) is 8.63. The molecule has 0 amide bonds. The van der Waals surface area contributed by atoms with Crippen molar-refractivity contribution in [2.75, 3.05) is 0 Å². The van der Waals surface area contributed by atoms with Crippen LogP contribution in [-0.4, -0.2) is 0 Å². The molecule has 1 radical (unpaired) electrons.